The van der Waals surface area contributed by atoms with Crippen LogP contribution in [-0.2, 0) is 23.9 Å². The zero-order valence-corrected chi connectivity index (χ0v) is 19.2. The van der Waals surface area contributed by atoms with E-state index in [1.807, 2.05) is 13.0 Å². The molecule has 2 heterocycles. The molecule has 0 saturated carbocycles. The average molecular weight is 443 g/mol. The predicted octanol–water partition coefficient (Wildman–Crippen LogP) is 5.10. The van der Waals surface area contributed by atoms with Crippen LogP contribution < -0.4 is 0 Å². The van der Waals surface area contributed by atoms with Gasteiger partial charge in [0, 0.05) is 11.1 Å². The van der Waals surface area contributed by atoms with Gasteiger partial charge in [0.1, 0.15) is 11.7 Å². The van der Waals surface area contributed by atoms with Crippen LogP contribution in [0.4, 0.5) is 0 Å². The summed E-state index contributed by atoms with van der Waals surface area (Å²) in [7, 11) is 0. The molecular weight excluding hydrogens is 416 g/mol. The molecule has 0 spiro atoms. The Morgan fingerprint density at radius 3 is 2.68 bits per heavy atom. The Morgan fingerprint density at radius 2 is 2.03 bits per heavy atom. The number of hydrogen-bond donors (Lipinski definition) is 0. The van der Waals surface area contributed by atoms with Gasteiger partial charge in [-0.15, -0.1) is 0 Å². The summed E-state index contributed by atoms with van der Waals surface area (Å²) in [5, 5.41) is -0.0296. The van der Waals surface area contributed by atoms with Gasteiger partial charge in [-0.1, -0.05) is 55.7 Å². The molecule has 0 amide bonds. The van der Waals surface area contributed by atoms with Crippen LogP contribution in [-0.4, -0.2) is 23.1 Å². The number of ketones is 2. The van der Waals surface area contributed by atoms with Crippen LogP contribution in [0.3, 0.4) is 0 Å². The van der Waals surface area contributed by atoms with E-state index in [0.29, 0.717) is 22.8 Å². The molecule has 2 aliphatic heterocycles. The van der Waals surface area contributed by atoms with Gasteiger partial charge in [0.25, 0.3) is 0 Å². The van der Waals surface area contributed by atoms with Crippen LogP contribution in [0.5, 0.6) is 0 Å². The van der Waals surface area contributed by atoms with E-state index in [-0.39, 0.29) is 5.03 Å². The highest BCUT2D eigenvalue weighted by atomic mass is 35.5. The van der Waals surface area contributed by atoms with E-state index < -0.39 is 35.0 Å². The summed E-state index contributed by atoms with van der Waals surface area (Å²) in [4.78, 5) is 38.2. The molecule has 0 aromatic rings. The van der Waals surface area contributed by atoms with Crippen LogP contribution in [0, 0.1) is 17.8 Å². The lowest BCUT2D eigenvalue weighted by atomic mass is 9.67. The molecule has 0 radical (unpaired) electrons. The van der Waals surface area contributed by atoms with Gasteiger partial charge in [0.2, 0.25) is 5.78 Å². The molecule has 0 aromatic carbocycles. The lowest BCUT2D eigenvalue weighted by Gasteiger charge is -2.36. The number of esters is 1. The summed E-state index contributed by atoms with van der Waals surface area (Å²) in [6.07, 6.45) is 13.0. The number of carbonyl (C=O) groups excluding carboxylic acids is 3. The van der Waals surface area contributed by atoms with Gasteiger partial charge in [-0.3, -0.25) is 14.4 Å². The molecule has 1 fully saturated rings. The quantitative estimate of drug-likeness (QED) is 0.247. The van der Waals surface area contributed by atoms with Crippen molar-refractivity contribution in [2.45, 2.75) is 46.6 Å². The Balaban J connectivity index is 1.99. The van der Waals surface area contributed by atoms with Crippen molar-refractivity contribution < 1.29 is 23.9 Å². The number of Topliss-reactive ketones (excluding diaryl/α,β-unsaturated/α-hetero) is 1. The van der Waals surface area contributed by atoms with Crippen molar-refractivity contribution >= 4 is 29.1 Å². The van der Waals surface area contributed by atoms with E-state index in [1.165, 1.54) is 19.3 Å². The van der Waals surface area contributed by atoms with Gasteiger partial charge >= 0.3 is 5.97 Å². The highest BCUT2D eigenvalue weighted by molar-refractivity contribution is 6.45. The van der Waals surface area contributed by atoms with Gasteiger partial charge in [0.15, 0.2) is 11.4 Å². The molecule has 3 rings (SSSR count). The first-order valence-electron chi connectivity index (χ1n) is 10.4. The Bertz CT molecular complexity index is 1010. The van der Waals surface area contributed by atoms with Gasteiger partial charge in [-0.25, -0.2) is 0 Å². The van der Waals surface area contributed by atoms with Gasteiger partial charge in [-0.2, -0.15) is 0 Å². The SMILES string of the molecule is C/C=C/C(=O)[C@@H]1C(=O)O[C@]2(C)C(=O)C(Cl)=C3C=C(/C=C/C(C)=C/[C@H](C)CC)OC=C3[C@H]12. The Morgan fingerprint density at radius 1 is 1.32 bits per heavy atom. The van der Waals surface area contributed by atoms with E-state index in [1.54, 1.807) is 25.2 Å². The Kier molecular flexibility index (Phi) is 6.56. The molecule has 164 valence electrons. The third-order valence-electron chi connectivity index (χ3n) is 5.97. The standard InChI is InChI=1S/C25H27ClO5/c1-6-8-19(27)20-21-18-13-30-16(10-9-15(4)11-14(3)7-2)12-17(18)22(26)23(28)25(21,5)31-24(20)29/h6,8-14,20-21H,7H2,1-5H3/b8-6+,10-9+,15-11+/t14-,20+,21-,25+/m1/s1. The van der Waals surface area contributed by atoms with Crippen molar-refractivity contribution in [3.8, 4) is 0 Å². The minimum Gasteiger partial charge on any atom is -0.465 e. The van der Waals surface area contributed by atoms with Crippen LogP contribution in [0.25, 0.3) is 0 Å². The maximum Gasteiger partial charge on any atom is 0.318 e. The Labute approximate surface area is 187 Å². The van der Waals surface area contributed by atoms with Crippen LogP contribution >= 0.6 is 11.6 Å². The predicted molar refractivity (Wildman–Crippen MR) is 119 cm³/mol. The smallest absolute Gasteiger partial charge is 0.318 e. The largest absolute Gasteiger partial charge is 0.465 e. The maximum absolute atomic E-state index is 13.1. The Hall–Kier alpha value is -2.66. The van der Waals surface area contributed by atoms with E-state index in [2.05, 4.69) is 19.9 Å². The lowest BCUT2D eigenvalue weighted by Crippen LogP contribution is -2.47. The molecule has 0 N–H and O–H groups in total. The molecule has 1 aliphatic carbocycles. The second kappa shape index (κ2) is 8.83. The molecule has 0 bridgehead atoms. The fraction of sp³-hybridized carbons (Fsp3) is 0.400. The fourth-order valence-electron chi connectivity index (χ4n) is 4.15. The third-order valence-corrected chi connectivity index (χ3v) is 6.35. The maximum atomic E-state index is 13.1. The minimum atomic E-state index is -1.54. The monoisotopic (exact) mass is 442 g/mol. The second-order valence-corrected chi connectivity index (χ2v) is 8.69. The van der Waals surface area contributed by atoms with Crippen molar-refractivity contribution in [3.05, 3.63) is 70.2 Å². The summed E-state index contributed by atoms with van der Waals surface area (Å²) in [5.41, 5.74) is 0.531. The molecular formula is C25H27ClO5. The molecule has 5 nitrogen and oxygen atoms in total. The zero-order chi connectivity index (χ0) is 22.9. The van der Waals surface area contributed by atoms with E-state index >= 15 is 0 Å². The van der Waals surface area contributed by atoms with E-state index in [0.717, 1.165) is 12.0 Å². The van der Waals surface area contributed by atoms with Crippen molar-refractivity contribution in [3.63, 3.8) is 0 Å². The van der Waals surface area contributed by atoms with Gasteiger partial charge < -0.3 is 9.47 Å². The first-order chi connectivity index (χ1) is 14.6. The molecule has 0 aromatic heterocycles. The third kappa shape index (κ3) is 4.11. The summed E-state index contributed by atoms with van der Waals surface area (Å²) < 4.78 is 11.2. The van der Waals surface area contributed by atoms with Crippen molar-refractivity contribution in [1.82, 2.24) is 0 Å². The number of hydrogen-bond acceptors (Lipinski definition) is 5. The zero-order valence-electron chi connectivity index (χ0n) is 18.4. The van der Waals surface area contributed by atoms with Gasteiger partial charge in [0.05, 0.1) is 17.2 Å². The summed E-state index contributed by atoms with van der Waals surface area (Å²) >= 11 is 6.41. The number of ether oxygens (including phenoxy) is 2. The van der Waals surface area contributed by atoms with Crippen molar-refractivity contribution in [1.29, 1.82) is 0 Å². The number of allylic oxidation sites excluding steroid dienone is 8. The van der Waals surface area contributed by atoms with Crippen molar-refractivity contribution in [2.75, 3.05) is 0 Å². The summed E-state index contributed by atoms with van der Waals surface area (Å²) in [6.45, 7) is 9.48. The van der Waals surface area contributed by atoms with Crippen LogP contribution in [0.1, 0.15) is 41.0 Å². The lowest BCUT2D eigenvalue weighted by molar-refractivity contribution is -0.156. The molecule has 31 heavy (non-hydrogen) atoms. The van der Waals surface area contributed by atoms with E-state index in [4.69, 9.17) is 21.1 Å². The molecule has 1 saturated heterocycles. The number of carbonyl (C=O) groups is 3. The average Bonchev–Trinajstić information content (AvgIpc) is 3.01. The molecule has 3 aliphatic rings. The first-order valence-corrected chi connectivity index (χ1v) is 10.8. The summed E-state index contributed by atoms with van der Waals surface area (Å²) in [6, 6.07) is 0. The second-order valence-electron chi connectivity index (χ2n) is 8.31. The molecule has 4 atom stereocenters. The first kappa shape index (κ1) is 23.0. The summed E-state index contributed by atoms with van der Waals surface area (Å²) in [5.74, 6) is -2.59. The number of halogens is 1. The van der Waals surface area contributed by atoms with Crippen LogP contribution in [0.15, 0.2) is 70.2 Å². The topological polar surface area (TPSA) is 69.7 Å². The normalized spacial score (nSPS) is 29.4. The number of fused-ring (bicyclic) bond motifs is 3. The molecule has 6 heteroatoms. The highest BCUT2D eigenvalue weighted by Crippen LogP contribution is 2.52. The van der Waals surface area contributed by atoms with E-state index in [9.17, 15) is 14.4 Å². The van der Waals surface area contributed by atoms with Crippen molar-refractivity contribution in [2.24, 2.45) is 17.8 Å². The fourth-order valence-corrected chi connectivity index (χ4v) is 4.50. The minimum absolute atomic E-state index is 0.0296. The number of rotatable bonds is 6. The molecule has 0 unspecified atom stereocenters. The van der Waals surface area contributed by atoms with Crippen LogP contribution in [0.2, 0.25) is 0 Å². The highest BCUT2D eigenvalue weighted by Gasteiger charge is 2.63. The van der Waals surface area contributed by atoms with Gasteiger partial charge in [-0.05, 0) is 44.9 Å².